The SMILES string of the molecule is CC(C)/C=C/c1c(C(C)C)nc2c(c1-c1ccc(F)cc1)CCCc1cc(F)ccc1-2.CC(C)/C=C/c1c(C(C)C)nc2c(c1-c1ccc(F)cc1)CCCc1ccc(F)cc1-2.CC(C)/C=C/c1c(C2CC2)nc2c(c1-c1ccc(F)cc1)CCc1ccccc1-2.CCc1nc2c(c(-c3ccc(F)cc3)c1/C=C/C(C)C)CCC(C)(C)c1ccccc1-2. The third-order valence-corrected chi connectivity index (χ3v) is 24.2. The van der Waals surface area contributed by atoms with Gasteiger partial charge in [0, 0.05) is 56.1 Å². The molecule has 0 unspecified atom stereocenters. The second-order valence-corrected chi connectivity index (χ2v) is 36.3. The monoisotopic (exact) mass is 1630 g/mol. The van der Waals surface area contributed by atoms with Crippen molar-refractivity contribution in [3.63, 3.8) is 0 Å². The largest absolute Gasteiger partial charge is 0.252 e. The molecular formula is C112H116F6N4. The van der Waals surface area contributed by atoms with E-state index in [4.69, 9.17) is 19.9 Å². The average Bonchev–Trinajstić information content (AvgIpc) is 0.909. The van der Waals surface area contributed by atoms with E-state index in [1.165, 1.54) is 116 Å². The minimum Gasteiger partial charge on any atom is -0.252 e. The molecule has 0 amide bonds. The van der Waals surface area contributed by atoms with E-state index in [0.29, 0.717) is 29.6 Å². The molecule has 0 saturated heterocycles. The third kappa shape index (κ3) is 19.5. The summed E-state index contributed by atoms with van der Waals surface area (Å²) >= 11 is 0. The zero-order valence-electron chi connectivity index (χ0n) is 73.7. The number of halogens is 6. The maximum atomic E-state index is 14.3. The van der Waals surface area contributed by atoms with Gasteiger partial charge < -0.3 is 0 Å². The van der Waals surface area contributed by atoms with E-state index in [9.17, 15) is 26.3 Å². The smallest absolute Gasteiger partial charge is 0.123 e. The van der Waals surface area contributed by atoms with Crippen LogP contribution < -0.4 is 0 Å². The van der Waals surface area contributed by atoms with Crippen LogP contribution in [-0.2, 0) is 56.8 Å². The van der Waals surface area contributed by atoms with Crippen molar-refractivity contribution in [1.29, 1.82) is 0 Å². The third-order valence-electron chi connectivity index (χ3n) is 24.2. The molecule has 626 valence electrons. The predicted octanol–water partition coefficient (Wildman–Crippen LogP) is 31.2. The van der Waals surface area contributed by atoms with Crippen LogP contribution in [0.2, 0.25) is 0 Å². The lowest BCUT2D eigenvalue weighted by molar-refractivity contribution is 0.486. The first-order chi connectivity index (χ1) is 58.6. The van der Waals surface area contributed by atoms with Crippen LogP contribution in [0.5, 0.6) is 0 Å². The fourth-order valence-electron chi connectivity index (χ4n) is 17.9. The number of hydrogen-bond acceptors (Lipinski definition) is 4. The van der Waals surface area contributed by atoms with E-state index in [1.54, 1.807) is 36.4 Å². The van der Waals surface area contributed by atoms with E-state index in [1.807, 2.05) is 60.7 Å². The summed E-state index contributed by atoms with van der Waals surface area (Å²) in [5.41, 5.74) is 36.1. The van der Waals surface area contributed by atoms with Gasteiger partial charge in [0.05, 0.1) is 39.9 Å². The molecule has 0 bridgehead atoms. The molecule has 0 radical (unpaired) electrons. The van der Waals surface area contributed by atoms with Gasteiger partial charge in [0.1, 0.15) is 34.9 Å². The second-order valence-electron chi connectivity index (χ2n) is 36.3. The first-order valence-electron chi connectivity index (χ1n) is 44.4. The van der Waals surface area contributed by atoms with Crippen LogP contribution in [0.25, 0.3) is 114 Å². The molecule has 122 heavy (non-hydrogen) atoms. The Morgan fingerprint density at radius 1 is 0.344 bits per heavy atom. The Labute approximate surface area is 720 Å². The Hall–Kier alpha value is -11.1. The number of hydrogen-bond donors (Lipinski definition) is 0. The number of aryl methyl sites for hydroxylation is 4. The number of pyridine rings is 4. The highest BCUT2D eigenvalue weighted by atomic mass is 19.1. The van der Waals surface area contributed by atoms with Crippen molar-refractivity contribution in [2.75, 3.05) is 0 Å². The Balaban J connectivity index is 0.000000133. The van der Waals surface area contributed by atoms with Crippen LogP contribution in [0.15, 0.2) is 206 Å². The molecular weight excluding hydrogens is 1520 g/mol. The molecule has 12 aromatic rings. The summed E-state index contributed by atoms with van der Waals surface area (Å²) < 4.78 is 83.2. The van der Waals surface area contributed by atoms with E-state index < -0.39 is 0 Å². The predicted molar refractivity (Wildman–Crippen MR) is 498 cm³/mol. The topological polar surface area (TPSA) is 51.6 Å². The summed E-state index contributed by atoms with van der Waals surface area (Å²) in [7, 11) is 0. The van der Waals surface area contributed by atoms with Crippen molar-refractivity contribution >= 4 is 24.3 Å². The first kappa shape index (κ1) is 87.3. The lowest BCUT2D eigenvalue weighted by atomic mass is 9.79. The van der Waals surface area contributed by atoms with Crippen LogP contribution >= 0.6 is 0 Å². The van der Waals surface area contributed by atoms with Gasteiger partial charge in [-0.05, 0) is 292 Å². The van der Waals surface area contributed by atoms with Crippen molar-refractivity contribution in [2.45, 2.75) is 210 Å². The summed E-state index contributed by atoms with van der Waals surface area (Å²) in [5.74, 6) is 1.33. The lowest BCUT2D eigenvalue weighted by Crippen LogP contribution is -2.17. The highest BCUT2D eigenvalue weighted by Gasteiger charge is 2.36. The van der Waals surface area contributed by atoms with Gasteiger partial charge in [-0.1, -0.05) is 256 Å². The minimum atomic E-state index is -0.250. The summed E-state index contributed by atoms with van der Waals surface area (Å²) in [6.07, 6.45) is 30.3. The summed E-state index contributed by atoms with van der Waals surface area (Å²) in [6, 6.07) is 54.9. The van der Waals surface area contributed by atoms with E-state index in [-0.39, 0.29) is 52.2 Å². The van der Waals surface area contributed by atoms with E-state index >= 15 is 0 Å². The first-order valence-corrected chi connectivity index (χ1v) is 44.4. The van der Waals surface area contributed by atoms with Crippen molar-refractivity contribution < 1.29 is 26.3 Å². The fraction of sp³-hybridized carbons (Fsp3) is 0.321. The van der Waals surface area contributed by atoms with Crippen LogP contribution in [0.4, 0.5) is 26.3 Å². The van der Waals surface area contributed by atoms with Crippen LogP contribution in [-0.4, -0.2) is 19.9 Å². The van der Waals surface area contributed by atoms with Gasteiger partial charge in [0.2, 0.25) is 0 Å². The standard InChI is InChI=1S/C29H32FN.2C28H29F2N.C27H26FN/c1-6-26-23(16-11-19(2)3)27(20-12-14-21(30)15-13-20)24-17-18-29(4,5)25-10-8-7-9-22(25)28(24)31-26;1-17(2)8-15-24-26(20-10-12-21(29)13-11-20)23-7-5-6-19-9-14-22(30)16-25(19)28(23)31-27(24)18(3)4;1-17(2)8-14-25-26(19-9-11-21(29)12-10-19)24-7-5-6-20-16-22(30)13-15-23(20)28(24)31-27(25)18(3)4;1-17(2)7-15-23-25(19-10-13-21(28)14-11-19)24-16-12-18-5-3-4-6-22(18)27(24)29-26(23)20-8-9-20/h7-16,19H,6,17-18H2,1-5H3;2*8-18H,5-7H2,1-4H3;3-7,10-11,13-15,17,20H,8-9,12,16H2,1-2H3/b16-11+;15-8+;14-8+;15-7+. The van der Waals surface area contributed by atoms with Gasteiger partial charge in [-0.2, -0.15) is 0 Å². The maximum absolute atomic E-state index is 14.3. The van der Waals surface area contributed by atoms with Gasteiger partial charge in [0.15, 0.2) is 0 Å². The molecule has 8 aromatic carbocycles. The zero-order chi connectivity index (χ0) is 86.4. The van der Waals surface area contributed by atoms with Crippen molar-refractivity contribution in [2.24, 2.45) is 23.7 Å². The second kappa shape index (κ2) is 38.1. The summed E-state index contributed by atoms with van der Waals surface area (Å²) in [5, 5.41) is 0. The van der Waals surface area contributed by atoms with Gasteiger partial charge >= 0.3 is 0 Å². The molecule has 0 N–H and O–H groups in total. The Morgan fingerprint density at radius 3 is 1.21 bits per heavy atom. The quantitative estimate of drug-likeness (QED) is 0.0905. The van der Waals surface area contributed by atoms with Gasteiger partial charge in [0.25, 0.3) is 0 Å². The number of rotatable bonds is 16. The Bertz CT molecular complexity index is 5910. The highest BCUT2D eigenvalue weighted by molar-refractivity contribution is 5.91. The number of benzene rings is 8. The molecule has 10 heteroatoms. The molecule has 5 aliphatic rings. The van der Waals surface area contributed by atoms with Crippen molar-refractivity contribution in [1.82, 2.24) is 19.9 Å². The van der Waals surface area contributed by atoms with E-state index in [2.05, 4.69) is 201 Å². The summed E-state index contributed by atoms with van der Waals surface area (Å²) in [4.78, 5) is 20.9. The average molecular weight is 1630 g/mol. The fourth-order valence-corrected chi connectivity index (χ4v) is 17.9. The van der Waals surface area contributed by atoms with Gasteiger partial charge in [-0.25, -0.2) is 26.3 Å². The molecule has 4 heterocycles. The van der Waals surface area contributed by atoms with Crippen molar-refractivity contribution in [3.05, 3.63) is 331 Å². The molecule has 17 rings (SSSR count). The van der Waals surface area contributed by atoms with Gasteiger partial charge in [-0.15, -0.1) is 0 Å². The highest BCUT2D eigenvalue weighted by Crippen LogP contribution is 2.51. The molecule has 0 atom stereocenters. The van der Waals surface area contributed by atoms with Crippen LogP contribution in [0.3, 0.4) is 0 Å². The number of allylic oxidation sites excluding steroid dienone is 4. The molecule has 5 aliphatic carbocycles. The van der Waals surface area contributed by atoms with Crippen molar-refractivity contribution in [3.8, 4) is 89.5 Å². The number of nitrogens with zero attached hydrogens (tertiary/aromatic N) is 4. The minimum absolute atomic E-state index is 0.0671. The molecule has 1 saturated carbocycles. The molecule has 0 spiro atoms. The zero-order valence-corrected chi connectivity index (χ0v) is 73.7. The Kier molecular flexibility index (Phi) is 27.3. The van der Waals surface area contributed by atoms with Gasteiger partial charge in [-0.3, -0.25) is 19.9 Å². The summed E-state index contributed by atoms with van der Waals surface area (Å²) in [6.45, 7) is 32.8. The number of fused-ring (bicyclic) bond motifs is 12. The number of aromatic nitrogens is 4. The molecule has 4 nitrogen and oxygen atoms in total. The van der Waals surface area contributed by atoms with Crippen LogP contribution in [0, 0.1) is 58.6 Å². The lowest BCUT2D eigenvalue weighted by Gasteiger charge is -2.25. The van der Waals surface area contributed by atoms with E-state index in [0.717, 1.165) is 183 Å². The van der Waals surface area contributed by atoms with Crippen LogP contribution in [0.1, 0.15) is 243 Å². The molecule has 1 fully saturated rings. The molecule has 4 aromatic heterocycles. The Morgan fingerprint density at radius 2 is 0.721 bits per heavy atom. The molecule has 0 aliphatic heterocycles. The normalized spacial score (nSPS) is 14.4. The maximum Gasteiger partial charge on any atom is 0.123 e.